The van der Waals surface area contributed by atoms with Gasteiger partial charge in [0, 0.05) is 31.2 Å². The molecular weight excluding hydrogens is 376 g/mol. The van der Waals surface area contributed by atoms with Gasteiger partial charge in [0.1, 0.15) is 0 Å². The number of hydrogen-bond donors (Lipinski definition) is 0. The first kappa shape index (κ1) is 20.0. The van der Waals surface area contributed by atoms with E-state index in [1.54, 1.807) is 12.1 Å². The van der Waals surface area contributed by atoms with E-state index in [0.717, 1.165) is 38.0 Å². The molecule has 0 bridgehead atoms. The van der Waals surface area contributed by atoms with Crippen molar-refractivity contribution in [3.63, 3.8) is 0 Å². The zero-order chi connectivity index (χ0) is 20.8. The Morgan fingerprint density at radius 2 is 1.63 bits per heavy atom. The Balaban J connectivity index is 1.25. The third-order valence-electron chi connectivity index (χ3n) is 5.65. The van der Waals surface area contributed by atoms with Gasteiger partial charge in [0.2, 0.25) is 0 Å². The van der Waals surface area contributed by atoms with Crippen LogP contribution in [0.15, 0.2) is 79.1 Å². The second kappa shape index (κ2) is 9.44. The number of hydrogen-bond acceptors (Lipinski definition) is 3. The predicted octanol–water partition coefficient (Wildman–Crippen LogP) is 4.12. The minimum absolute atomic E-state index is 0.122. The summed E-state index contributed by atoms with van der Waals surface area (Å²) in [6, 6.07) is 21.5. The summed E-state index contributed by atoms with van der Waals surface area (Å²) in [5.74, 6) is -0.00479. The smallest absolute Gasteiger partial charge is 0.338 e. The number of carbonyl (C=O) groups is 2. The Morgan fingerprint density at radius 1 is 0.900 bits per heavy atom. The fraction of sp³-hybridized carbons (Fsp3) is 0.280. The predicted molar refractivity (Wildman–Crippen MR) is 116 cm³/mol. The van der Waals surface area contributed by atoms with Crippen LogP contribution in [0.4, 0.5) is 0 Å². The van der Waals surface area contributed by atoms with E-state index in [4.69, 9.17) is 4.74 Å². The van der Waals surface area contributed by atoms with E-state index in [2.05, 4.69) is 24.3 Å². The molecule has 1 amide bonds. The van der Waals surface area contributed by atoms with Gasteiger partial charge in [-0.15, -0.1) is 0 Å². The maximum absolute atomic E-state index is 12.5. The van der Waals surface area contributed by atoms with Crippen molar-refractivity contribution in [3.8, 4) is 5.69 Å². The molecule has 2 heterocycles. The van der Waals surface area contributed by atoms with E-state index in [1.807, 2.05) is 52.2 Å². The van der Waals surface area contributed by atoms with E-state index in [0.29, 0.717) is 11.5 Å². The Kier molecular flexibility index (Phi) is 6.28. The van der Waals surface area contributed by atoms with Crippen molar-refractivity contribution >= 4 is 11.9 Å². The van der Waals surface area contributed by atoms with E-state index in [-0.39, 0.29) is 12.5 Å². The highest BCUT2D eigenvalue weighted by Gasteiger charge is 2.24. The van der Waals surface area contributed by atoms with Gasteiger partial charge in [0.25, 0.3) is 5.91 Å². The first-order valence-corrected chi connectivity index (χ1v) is 10.4. The van der Waals surface area contributed by atoms with Crippen LogP contribution < -0.4 is 0 Å². The normalized spacial score (nSPS) is 14.5. The van der Waals surface area contributed by atoms with Crippen molar-refractivity contribution in [2.75, 3.05) is 19.7 Å². The van der Waals surface area contributed by atoms with Crippen molar-refractivity contribution in [1.82, 2.24) is 9.47 Å². The highest BCUT2D eigenvalue weighted by atomic mass is 16.5. The third-order valence-corrected chi connectivity index (χ3v) is 5.65. The molecule has 0 atom stereocenters. The maximum atomic E-state index is 12.5. The van der Waals surface area contributed by atoms with E-state index < -0.39 is 5.97 Å². The number of nitrogens with zero attached hydrogens (tertiary/aromatic N) is 2. The fourth-order valence-electron chi connectivity index (χ4n) is 3.94. The largest absolute Gasteiger partial charge is 0.452 e. The van der Waals surface area contributed by atoms with Crippen LogP contribution in [0.25, 0.3) is 5.69 Å². The molecule has 1 aliphatic heterocycles. The number of ether oxygens (including phenoxy) is 1. The lowest BCUT2D eigenvalue weighted by atomic mass is 9.90. The number of benzene rings is 2. The van der Waals surface area contributed by atoms with E-state index >= 15 is 0 Å². The van der Waals surface area contributed by atoms with Gasteiger partial charge in [0.15, 0.2) is 6.61 Å². The molecule has 0 N–H and O–H groups in total. The van der Waals surface area contributed by atoms with Crippen LogP contribution in [0.2, 0.25) is 0 Å². The molecule has 0 unspecified atom stereocenters. The standard InChI is InChI=1S/C25H26N2O3/c28-24(27-15-11-21(12-16-27)17-20-7-2-1-3-8-20)19-30-25(29)22-9-6-10-23(18-22)26-13-4-5-14-26/h1-10,13-14,18,21H,11-12,15-17,19H2. The summed E-state index contributed by atoms with van der Waals surface area (Å²) in [6.45, 7) is 1.23. The maximum Gasteiger partial charge on any atom is 0.338 e. The van der Waals surface area contributed by atoms with Crippen LogP contribution in [0.5, 0.6) is 0 Å². The molecule has 30 heavy (non-hydrogen) atoms. The van der Waals surface area contributed by atoms with Gasteiger partial charge in [-0.1, -0.05) is 36.4 Å². The molecule has 1 saturated heterocycles. The zero-order valence-electron chi connectivity index (χ0n) is 16.9. The van der Waals surface area contributed by atoms with Crippen LogP contribution in [-0.2, 0) is 16.0 Å². The Hall–Kier alpha value is -3.34. The van der Waals surface area contributed by atoms with E-state index in [9.17, 15) is 9.59 Å². The number of amides is 1. The molecule has 5 nitrogen and oxygen atoms in total. The molecule has 154 valence electrons. The zero-order valence-corrected chi connectivity index (χ0v) is 16.9. The molecule has 3 aromatic rings. The lowest BCUT2D eigenvalue weighted by molar-refractivity contribution is -0.135. The number of piperidine rings is 1. The van der Waals surface area contributed by atoms with Crippen molar-refractivity contribution in [1.29, 1.82) is 0 Å². The lowest BCUT2D eigenvalue weighted by Crippen LogP contribution is -2.41. The number of aromatic nitrogens is 1. The highest BCUT2D eigenvalue weighted by molar-refractivity contribution is 5.91. The summed E-state index contributed by atoms with van der Waals surface area (Å²) in [6.07, 6.45) is 6.83. The molecule has 1 aromatic heterocycles. The number of esters is 1. The highest BCUT2D eigenvalue weighted by Crippen LogP contribution is 2.22. The summed E-state index contributed by atoms with van der Waals surface area (Å²) < 4.78 is 7.22. The van der Waals surface area contributed by atoms with Crippen LogP contribution in [0, 0.1) is 5.92 Å². The summed E-state index contributed by atoms with van der Waals surface area (Å²) in [5.41, 5.74) is 2.66. The van der Waals surface area contributed by atoms with Crippen molar-refractivity contribution in [2.24, 2.45) is 5.92 Å². The van der Waals surface area contributed by atoms with Gasteiger partial charge in [-0.25, -0.2) is 4.79 Å². The minimum Gasteiger partial charge on any atom is -0.452 e. The van der Waals surface area contributed by atoms with Gasteiger partial charge in [0.05, 0.1) is 5.56 Å². The first-order valence-electron chi connectivity index (χ1n) is 10.4. The summed E-state index contributed by atoms with van der Waals surface area (Å²) >= 11 is 0. The summed E-state index contributed by atoms with van der Waals surface area (Å²) in [4.78, 5) is 26.7. The number of likely N-dealkylation sites (tertiary alicyclic amines) is 1. The van der Waals surface area contributed by atoms with Gasteiger partial charge in [-0.2, -0.15) is 0 Å². The van der Waals surface area contributed by atoms with Gasteiger partial charge < -0.3 is 14.2 Å². The van der Waals surface area contributed by atoms with E-state index in [1.165, 1.54) is 5.56 Å². The van der Waals surface area contributed by atoms with Gasteiger partial charge in [-0.3, -0.25) is 4.79 Å². The van der Waals surface area contributed by atoms with Gasteiger partial charge >= 0.3 is 5.97 Å². The lowest BCUT2D eigenvalue weighted by Gasteiger charge is -2.32. The Morgan fingerprint density at radius 3 is 2.37 bits per heavy atom. The number of carbonyl (C=O) groups excluding carboxylic acids is 2. The second-order valence-electron chi connectivity index (χ2n) is 7.73. The molecule has 0 aliphatic carbocycles. The molecule has 2 aromatic carbocycles. The van der Waals surface area contributed by atoms with Crippen LogP contribution >= 0.6 is 0 Å². The average molecular weight is 402 g/mol. The van der Waals surface area contributed by atoms with Crippen molar-refractivity contribution < 1.29 is 14.3 Å². The monoisotopic (exact) mass is 402 g/mol. The molecule has 0 spiro atoms. The average Bonchev–Trinajstić information content (AvgIpc) is 3.34. The molecule has 0 radical (unpaired) electrons. The van der Waals surface area contributed by atoms with Crippen molar-refractivity contribution in [2.45, 2.75) is 19.3 Å². The molecule has 5 heteroatoms. The summed E-state index contributed by atoms with van der Waals surface area (Å²) in [5, 5.41) is 0. The van der Waals surface area contributed by atoms with Crippen molar-refractivity contribution in [3.05, 3.63) is 90.3 Å². The fourth-order valence-corrected chi connectivity index (χ4v) is 3.94. The first-order chi connectivity index (χ1) is 14.7. The topological polar surface area (TPSA) is 51.5 Å². The molecule has 1 fully saturated rings. The SMILES string of the molecule is O=C(OCC(=O)N1CCC(Cc2ccccc2)CC1)c1cccc(-n2cccc2)c1. The van der Waals surface area contributed by atoms with Gasteiger partial charge in [-0.05, 0) is 61.1 Å². The quantitative estimate of drug-likeness (QED) is 0.583. The second-order valence-corrected chi connectivity index (χ2v) is 7.73. The molecule has 1 aliphatic rings. The third kappa shape index (κ3) is 4.98. The van der Waals surface area contributed by atoms with Crippen LogP contribution in [-0.4, -0.2) is 41.0 Å². The Labute approximate surface area is 176 Å². The molecule has 4 rings (SSSR count). The Bertz CT molecular complexity index is 975. The molecular formula is C25H26N2O3. The minimum atomic E-state index is -0.476. The van der Waals surface area contributed by atoms with Crippen LogP contribution in [0.3, 0.4) is 0 Å². The molecule has 0 saturated carbocycles. The summed E-state index contributed by atoms with van der Waals surface area (Å²) in [7, 11) is 0. The number of rotatable bonds is 6. The van der Waals surface area contributed by atoms with Crippen LogP contribution in [0.1, 0.15) is 28.8 Å².